The second kappa shape index (κ2) is 9.76. The fourth-order valence-corrected chi connectivity index (χ4v) is 3.74. The van der Waals surface area contributed by atoms with Crippen LogP contribution in [0.25, 0.3) is 0 Å². The van der Waals surface area contributed by atoms with Gasteiger partial charge in [0, 0.05) is 37.2 Å². The number of nitrogens with zero attached hydrogens (tertiary/aromatic N) is 2. The first-order valence-electron chi connectivity index (χ1n) is 9.61. The van der Waals surface area contributed by atoms with E-state index in [-0.39, 0.29) is 18.6 Å². The molecule has 0 aromatic heterocycles. The van der Waals surface area contributed by atoms with Crippen molar-refractivity contribution in [2.45, 2.75) is 25.9 Å². The van der Waals surface area contributed by atoms with Crippen molar-refractivity contribution < 1.29 is 19.4 Å². The summed E-state index contributed by atoms with van der Waals surface area (Å²) in [6.45, 7) is 4.45. The molecule has 1 atom stereocenters. The van der Waals surface area contributed by atoms with Crippen LogP contribution < -0.4 is 4.74 Å². The number of rotatable bonds is 7. The van der Waals surface area contributed by atoms with Gasteiger partial charge >= 0.3 is 5.97 Å². The van der Waals surface area contributed by atoms with E-state index in [0.717, 1.165) is 24.2 Å². The Hall–Kier alpha value is -2.57. The summed E-state index contributed by atoms with van der Waals surface area (Å²) >= 11 is 6.32. The Balaban J connectivity index is 1.57. The van der Waals surface area contributed by atoms with Crippen molar-refractivity contribution in [3.63, 3.8) is 0 Å². The van der Waals surface area contributed by atoms with Gasteiger partial charge in [0.15, 0.2) is 6.61 Å². The molecule has 2 aromatic carbocycles. The first-order valence-corrected chi connectivity index (χ1v) is 9.99. The Bertz CT molecular complexity index is 859. The molecule has 1 heterocycles. The first kappa shape index (κ1) is 21.1. The molecule has 0 bridgehead atoms. The van der Waals surface area contributed by atoms with Crippen LogP contribution in [0.15, 0.2) is 48.5 Å². The van der Waals surface area contributed by atoms with E-state index < -0.39 is 5.97 Å². The Morgan fingerprint density at radius 1 is 1.17 bits per heavy atom. The van der Waals surface area contributed by atoms with Gasteiger partial charge in [0.25, 0.3) is 0 Å². The third-order valence-electron chi connectivity index (χ3n) is 5.00. The Morgan fingerprint density at radius 2 is 1.93 bits per heavy atom. The topological polar surface area (TPSA) is 70.1 Å². The van der Waals surface area contributed by atoms with E-state index >= 15 is 0 Å². The van der Waals surface area contributed by atoms with Gasteiger partial charge in [-0.2, -0.15) is 0 Å². The molecule has 1 N–H and O–H groups in total. The maximum absolute atomic E-state index is 12.7. The van der Waals surface area contributed by atoms with E-state index in [1.165, 1.54) is 0 Å². The lowest BCUT2D eigenvalue weighted by atomic mass is 10.1. The average molecular weight is 417 g/mol. The Morgan fingerprint density at radius 3 is 2.62 bits per heavy atom. The fraction of sp³-hybridized carbons (Fsp3) is 0.364. The molecule has 6 nitrogen and oxygen atoms in total. The summed E-state index contributed by atoms with van der Waals surface area (Å²) in [6, 6.07) is 15.1. The number of piperazine rings is 1. The number of halogens is 1. The van der Waals surface area contributed by atoms with Gasteiger partial charge in [-0.1, -0.05) is 41.9 Å². The van der Waals surface area contributed by atoms with Crippen molar-refractivity contribution in [3.8, 4) is 5.75 Å². The maximum Gasteiger partial charge on any atom is 0.341 e. The molecule has 2 aromatic rings. The van der Waals surface area contributed by atoms with Gasteiger partial charge in [0.05, 0.1) is 6.42 Å². The molecule has 1 fully saturated rings. The van der Waals surface area contributed by atoms with Gasteiger partial charge in [-0.05, 0) is 36.2 Å². The molecule has 3 rings (SSSR count). The average Bonchev–Trinajstić information content (AvgIpc) is 2.69. The smallest absolute Gasteiger partial charge is 0.341 e. The fourth-order valence-electron chi connectivity index (χ4n) is 3.57. The number of carbonyl (C=O) groups excluding carboxylic acids is 1. The molecular weight excluding hydrogens is 392 g/mol. The minimum absolute atomic E-state index is 0.102. The van der Waals surface area contributed by atoms with Crippen molar-refractivity contribution in [1.29, 1.82) is 0 Å². The summed E-state index contributed by atoms with van der Waals surface area (Å²) in [5.41, 5.74) is 1.91. The molecule has 1 amide bonds. The quantitative estimate of drug-likeness (QED) is 0.751. The highest BCUT2D eigenvalue weighted by Crippen LogP contribution is 2.25. The zero-order valence-corrected chi connectivity index (χ0v) is 17.1. The van der Waals surface area contributed by atoms with Crippen LogP contribution in [-0.2, 0) is 22.6 Å². The molecule has 1 saturated heterocycles. The highest BCUT2D eigenvalue weighted by Gasteiger charge is 2.27. The Kier molecular flexibility index (Phi) is 7.12. The summed E-state index contributed by atoms with van der Waals surface area (Å²) in [5.74, 6) is -0.395. The van der Waals surface area contributed by atoms with Gasteiger partial charge in [0.1, 0.15) is 5.75 Å². The van der Waals surface area contributed by atoms with Crippen LogP contribution in [0.3, 0.4) is 0 Å². The normalized spacial score (nSPS) is 17.2. The van der Waals surface area contributed by atoms with Gasteiger partial charge in [-0.25, -0.2) is 4.79 Å². The summed E-state index contributed by atoms with van der Waals surface area (Å²) in [5, 5.41) is 9.37. The third-order valence-corrected chi connectivity index (χ3v) is 5.37. The zero-order chi connectivity index (χ0) is 20.8. The van der Waals surface area contributed by atoms with E-state index in [9.17, 15) is 9.59 Å². The number of amides is 1. The number of carboxylic acids is 1. The van der Waals surface area contributed by atoms with Crippen LogP contribution in [-0.4, -0.2) is 59.1 Å². The molecule has 154 valence electrons. The van der Waals surface area contributed by atoms with Crippen LogP contribution in [0.2, 0.25) is 5.02 Å². The Labute approximate surface area is 175 Å². The number of ether oxygens (including phenoxy) is 1. The molecule has 29 heavy (non-hydrogen) atoms. The number of carboxylic acid groups (broad SMARTS) is 1. The molecule has 0 radical (unpaired) electrons. The second-order valence-corrected chi connectivity index (χ2v) is 7.68. The van der Waals surface area contributed by atoms with E-state index in [1.54, 1.807) is 18.2 Å². The lowest BCUT2D eigenvalue weighted by Crippen LogP contribution is -2.54. The van der Waals surface area contributed by atoms with E-state index in [2.05, 4.69) is 11.8 Å². The third kappa shape index (κ3) is 5.95. The van der Waals surface area contributed by atoms with Crippen molar-refractivity contribution in [3.05, 3.63) is 64.7 Å². The highest BCUT2D eigenvalue weighted by molar-refractivity contribution is 6.31. The number of hydrogen-bond donors (Lipinski definition) is 1. The van der Waals surface area contributed by atoms with Crippen LogP contribution >= 0.6 is 11.6 Å². The SMILES string of the molecule is CC1CN(Cc2cc(OCC(=O)O)ccc2Cl)CCN1C(=O)Cc1ccccc1. The minimum atomic E-state index is -1.02. The summed E-state index contributed by atoms with van der Waals surface area (Å²) in [7, 11) is 0. The van der Waals surface area contributed by atoms with E-state index in [0.29, 0.717) is 30.3 Å². The molecule has 1 unspecified atom stereocenters. The number of benzene rings is 2. The molecule has 7 heteroatoms. The maximum atomic E-state index is 12.7. The number of aliphatic carboxylic acids is 1. The van der Waals surface area contributed by atoms with Crippen LogP contribution in [0.5, 0.6) is 5.75 Å². The van der Waals surface area contributed by atoms with E-state index in [1.807, 2.05) is 35.2 Å². The molecule has 0 aliphatic carbocycles. The van der Waals surface area contributed by atoms with E-state index in [4.69, 9.17) is 21.4 Å². The van der Waals surface area contributed by atoms with Crippen LogP contribution in [0.4, 0.5) is 0 Å². The summed E-state index contributed by atoms with van der Waals surface area (Å²) in [6.07, 6.45) is 0.417. The van der Waals surface area contributed by atoms with Gasteiger partial charge in [0.2, 0.25) is 5.91 Å². The molecule has 1 aliphatic rings. The molecule has 0 saturated carbocycles. The number of hydrogen-bond acceptors (Lipinski definition) is 4. The van der Waals surface area contributed by atoms with Gasteiger partial charge in [-0.15, -0.1) is 0 Å². The lowest BCUT2D eigenvalue weighted by molar-refractivity contribution is -0.139. The minimum Gasteiger partial charge on any atom is -0.482 e. The highest BCUT2D eigenvalue weighted by atomic mass is 35.5. The largest absolute Gasteiger partial charge is 0.482 e. The summed E-state index contributed by atoms with van der Waals surface area (Å²) in [4.78, 5) is 27.6. The van der Waals surface area contributed by atoms with Crippen molar-refractivity contribution >= 4 is 23.5 Å². The monoisotopic (exact) mass is 416 g/mol. The second-order valence-electron chi connectivity index (χ2n) is 7.27. The van der Waals surface area contributed by atoms with Crippen molar-refractivity contribution in [2.75, 3.05) is 26.2 Å². The van der Waals surface area contributed by atoms with Crippen LogP contribution in [0.1, 0.15) is 18.1 Å². The number of carbonyl (C=O) groups is 2. The zero-order valence-electron chi connectivity index (χ0n) is 16.4. The standard InChI is InChI=1S/C22H25ClN2O4/c1-16-13-24(9-10-25(16)21(26)11-17-5-3-2-4-6-17)14-18-12-19(7-8-20(18)23)29-15-22(27)28/h2-8,12,16H,9-11,13-15H2,1H3,(H,27,28). The molecule has 0 spiro atoms. The van der Waals surface area contributed by atoms with Crippen molar-refractivity contribution in [1.82, 2.24) is 9.80 Å². The predicted octanol–water partition coefficient (Wildman–Crippen LogP) is 3.08. The molecule has 1 aliphatic heterocycles. The lowest BCUT2D eigenvalue weighted by Gasteiger charge is -2.40. The molecular formula is C22H25ClN2O4. The first-order chi connectivity index (χ1) is 13.9. The van der Waals surface area contributed by atoms with Crippen LogP contribution in [0, 0.1) is 0 Å². The van der Waals surface area contributed by atoms with Gasteiger partial charge < -0.3 is 14.7 Å². The van der Waals surface area contributed by atoms with Gasteiger partial charge in [-0.3, -0.25) is 9.69 Å². The predicted molar refractivity (Wildman–Crippen MR) is 111 cm³/mol. The van der Waals surface area contributed by atoms with Crippen molar-refractivity contribution in [2.24, 2.45) is 0 Å². The summed E-state index contributed by atoms with van der Waals surface area (Å²) < 4.78 is 5.25.